The third-order valence-corrected chi connectivity index (χ3v) is 0. The minimum absolute atomic E-state index is 0. The summed E-state index contributed by atoms with van der Waals surface area (Å²) in [5, 5.41) is 25.2. The maximum atomic E-state index is 8.42. The molecule has 0 aromatic heterocycles. The summed E-state index contributed by atoms with van der Waals surface area (Å²) in [5.74, 6) is 0. The first-order valence-corrected chi connectivity index (χ1v) is 0.707. The molecule has 0 aromatic rings. The van der Waals surface area contributed by atoms with E-state index in [4.69, 9.17) is 15.1 Å². The van der Waals surface area contributed by atoms with E-state index < -0.39 is 7.32 Å². The zero-order valence-electron chi connectivity index (χ0n) is 2.89. The van der Waals surface area contributed by atoms with Gasteiger partial charge in [0.15, 0.2) is 0 Å². The van der Waals surface area contributed by atoms with E-state index in [1.165, 1.54) is 0 Å². The Morgan fingerprint density at radius 3 is 1.00 bits per heavy atom. The molecule has 0 rings (SSSR count). The first-order chi connectivity index (χ1) is 1.73. The molecule has 0 aromatic carbocycles. The third kappa shape index (κ3) is 29.2. The second-order valence-electron chi connectivity index (χ2n) is 0.289. The first kappa shape index (κ1) is 15.9. The Balaban J connectivity index is -0.0000000450. The van der Waals surface area contributed by atoms with Gasteiger partial charge < -0.3 is 15.1 Å². The average Bonchev–Trinajstić information content (AvgIpc) is 0.811. The standard InChI is InChI=1S/BO3.Ca.Eu/c2-1(3)4;;/q-3;+2;+3. The van der Waals surface area contributed by atoms with Crippen molar-refractivity contribution in [1.82, 2.24) is 0 Å². The van der Waals surface area contributed by atoms with E-state index in [-0.39, 0.29) is 87.1 Å². The Hall–Kier alpha value is 2.79. The van der Waals surface area contributed by atoms with E-state index in [0.717, 1.165) is 0 Å². The molecule has 0 heterocycles. The SMILES string of the molecule is [Ca+2].[Eu+3].[O-]B([O-])[O-]. The monoisotopic (exact) mass is 252 g/mol. The third-order valence-electron chi connectivity index (χ3n) is 0. The fraction of sp³-hybridized carbons (Fsp3) is 0. The van der Waals surface area contributed by atoms with Gasteiger partial charge in [-0.3, -0.25) is 7.32 Å². The van der Waals surface area contributed by atoms with Crippen molar-refractivity contribution in [2.45, 2.75) is 0 Å². The Bertz CT molecular complexity index is 15.5. The Morgan fingerprint density at radius 1 is 1.00 bits per heavy atom. The topological polar surface area (TPSA) is 69.2 Å². The van der Waals surface area contributed by atoms with Crippen LogP contribution in [0.5, 0.6) is 0 Å². The van der Waals surface area contributed by atoms with Crippen LogP contribution >= 0.6 is 0 Å². The zero-order valence-corrected chi connectivity index (χ0v) is 7.52. The van der Waals surface area contributed by atoms with Gasteiger partial charge in [0.1, 0.15) is 0 Å². The summed E-state index contributed by atoms with van der Waals surface area (Å²) in [4.78, 5) is 0. The van der Waals surface area contributed by atoms with Crippen molar-refractivity contribution in [1.29, 1.82) is 0 Å². The van der Waals surface area contributed by atoms with Gasteiger partial charge in [-0.25, -0.2) is 0 Å². The van der Waals surface area contributed by atoms with E-state index >= 15 is 0 Å². The maximum absolute atomic E-state index is 8.42. The van der Waals surface area contributed by atoms with Crippen molar-refractivity contribution >= 4 is 45.1 Å². The second-order valence-corrected chi connectivity index (χ2v) is 0.289. The normalized spacial score (nSPS) is 4.50. The van der Waals surface area contributed by atoms with Crippen molar-refractivity contribution in [2.24, 2.45) is 0 Å². The molecule has 0 atom stereocenters. The van der Waals surface area contributed by atoms with Gasteiger partial charge in [-0.2, -0.15) is 0 Å². The molecule has 6 heteroatoms. The van der Waals surface area contributed by atoms with Crippen LogP contribution in [0.25, 0.3) is 0 Å². The van der Waals surface area contributed by atoms with Crippen LogP contribution in [0.3, 0.4) is 0 Å². The molecule has 0 saturated heterocycles. The summed E-state index contributed by atoms with van der Waals surface area (Å²) >= 11 is 0. The van der Waals surface area contributed by atoms with Crippen LogP contribution in [0.15, 0.2) is 0 Å². The summed E-state index contributed by atoms with van der Waals surface area (Å²) in [6.07, 6.45) is 0. The van der Waals surface area contributed by atoms with Crippen LogP contribution in [-0.4, -0.2) is 45.1 Å². The predicted molar refractivity (Wildman–Crippen MR) is 11.5 cm³/mol. The summed E-state index contributed by atoms with van der Waals surface area (Å²) in [6, 6.07) is 0. The van der Waals surface area contributed by atoms with E-state index in [1.54, 1.807) is 0 Å². The van der Waals surface area contributed by atoms with Crippen molar-refractivity contribution in [3.63, 3.8) is 0 Å². The molecule has 0 bridgehead atoms. The fourth-order valence-corrected chi connectivity index (χ4v) is 0. The summed E-state index contributed by atoms with van der Waals surface area (Å²) in [7, 11) is -2.92. The van der Waals surface area contributed by atoms with Crippen molar-refractivity contribution in [2.75, 3.05) is 0 Å². The molecular weight excluding hydrogens is 251 g/mol. The molecule has 0 amide bonds. The molecule has 0 aliphatic heterocycles. The number of rotatable bonds is 0. The molecule has 6 heavy (non-hydrogen) atoms. The Kier molecular flexibility index (Phi) is 28.4. The Labute approximate surface area is 107 Å². The van der Waals surface area contributed by atoms with E-state index in [9.17, 15) is 0 Å². The number of hydrogen-bond donors (Lipinski definition) is 0. The van der Waals surface area contributed by atoms with E-state index in [2.05, 4.69) is 0 Å². The van der Waals surface area contributed by atoms with Gasteiger partial charge >= 0.3 is 87.1 Å². The van der Waals surface area contributed by atoms with Gasteiger partial charge in [0, 0.05) is 0 Å². The average molecular weight is 251 g/mol. The van der Waals surface area contributed by atoms with Gasteiger partial charge in [0.05, 0.1) is 0 Å². The van der Waals surface area contributed by atoms with Gasteiger partial charge in [0.25, 0.3) is 0 Å². The van der Waals surface area contributed by atoms with Gasteiger partial charge in [-0.1, -0.05) is 0 Å². The molecule has 0 radical (unpaired) electrons. The van der Waals surface area contributed by atoms with E-state index in [0.29, 0.717) is 0 Å². The van der Waals surface area contributed by atoms with Crippen LogP contribution in [0.1, 0.15) is 0 Å². The molecule has 0 aliphatic carbocycles. The van der Waals surface area contributed by atoms with E-state index in [1.807, 2.05) is 0 Å². The summed E-state index contributed by atoms with van der Waals surface area (Å²) in [5.41, 5.74) is 0. The summed E-state index contributed by atoms with van der Waals surface area (Å²) in [6.45, 7) is 0. The van der Waals surface area contributed by atoms with Gasteiger partial charge in [-0.05, 0) is 0 Å². The van der Waals surface area contributed by atoms with Crippen molar-refractivity contribution in [3.05, 3.63) is 0 Å². The van der Waals surface area contributed by atoms with Crippen LogP contribution in [0, 0.1) is 49.4 Å². The molecule has 3 nitrogen and oxygen atoms in total. The second kappa shape index (κ2) is 10.7. The molecule has 0 N–H and O–H groups in total. The number of hydrogen-bond acceptors (Lipinski definition) is 3. The largest absolute Gasteiger partial charge is 3.00 e. The fourth-order valence-electron chi connectivity index (χ4n) is 0. The summed E-state index contributed by atoms with van der Waals surface area (Å²) < 4.78 is 0. The van der Waals surface area contributed by atoms with Crippen molar-refractivity contribution < 1.29 is 64.4 Å². The molecule has 28 valence electrons. The molecule has 0 spiro atoms. The molecule has 0 unspecified atom stereocenters. The van der Waals surface area contributed by atoms with Crippen LogP contribution in [0.4, 0.5) is 0 Å². The zero-order chi connectivity index (χ0) is 3.58. The quantitative estimate of drug-likeness (QED) is 0.409. The van der Waals surface area contributed by atoms with Crippen LogP contribution in [-0.2, 0) is 0 Å². The Morgan fingerprint density at radius 2 is 1.00 bits per heavy atom. The maximum Gasteiger partial charge on any atom is 3.00 e. The van der Waals surface area contributed by atoms with Crippen molar-refractivity contribution in [3.8, 4) is 0 Å². The smallest absolute Gasteiger partial charge is 0.907 e. The van der Waals surface area contributed by atoms with Crippen LogP contribution < -0.4 is 15.1 Å². The molecule has 0 fully saturated rings. The van der Waals surface area contributed by atoms with Crippen LogP contribution in [0.2, 0.25) is 0 Å². The molecular formula is BCaEuO3+2. The minimum Gasteiger partial charge on any atom is -0.907 e. The molecule has 0 saturated carbocycles. The van der Waals surface area contributed by atoms with Gasteiger partial charge in [0.2, 0.25) is 0 Å². The first-order valence-electron chi connectivity index (χ1n) is 0.707. The molecule has 0 aliphatic rings. The van der Waals surface area contributed by atoms with Gasteiger partial charge in [-0.15, -0.1) is 0 Å². The minimum atomic E-state index is -2.92. The predicted octanol–water partition coefficient (Wildman–Crippen LogP) is -4.33.